The molecule has 1 N–H and O–H groups in total. The number of fused-ring (bicyclic) bond motifs is 1. The van der Waals surface area contributed by atoms with E-state index < -0.39 is 27.7 Å². The molecule has 1 amide bonds. The number of benzene rings is 2. The summed E-state index contributed by atoms with van der Waals surface area (Å²) in [4.78, 5) is 12.2. The second kappa shape index (κ2) is 5.66. The number of ether oxygens (including phenoxy) is 1. The number of halogens is 1. The van der Waals surface area contributed by atoms with Gasteiger partial charge in [0.15, 0.2) is 15.9 Å². The first-order valence-corrected chi connectivity index (χ1v) is 8.79. The highest BCUT2D eigenvalue weighted by molar-refractivity contribution is 7.90. The van der Waals surface area contributed by atoms with E-state index in [4.69, 9.17) is 4.74 Å². The van der Waals surface area contributed by atoms with Gasteiger partial charge in [0.1, 0.15) is 11.6 Å². The number of nitrogens with one attached hydrogen (secondary N) is 1. The number of rotatable bonds is 3. The Morgan fingerprint density at radius 3 is 2.70 bits per heavy atom. The molecule has 1 unspecified atom stereocenters. The van der Waals surface area contributed by atoms with Crippen LogP contribution in [0.3, 0.4) is 0 Å². The lowest BCUT2D eigenvalue weighted by Crippen LogP contribution is -2.31. The van der Waals surface area contributed by atoms with Crippen LogP contribution in [0, 0.1) is 5.82 Å². The largest absolute Gasteiger partial charge is 0.480 e. The van der Waals surface area contributed by atoms with Gasteiger partial charge >= 0.3 is 0 Å². The Morgan fingerprint density at radius 2 is 2.00 bits per heavy atom. The average molecular weight is 335 g/mol. The first kappa shape index (κ1) is 15.5. The van der Waals surface area contributed by atoms with Gasteiger partial charge in [-0.15, -0.1) is 0 Å². The Hall–Kier alpha value is -2.41. The Morgan fingerprint density at radius 1 is 1.26 bits per heavy atom. The van der Waals surface area contributed by atoms with E-state index in [0.717, 1.165) is 30.0 Å². The highest BCUT2D eigenvalue weighted by Gasteiger charge is 2.29. The molecule has 5 nitrogen and oxygen atoms in total. The van der Waals surface area contributed by atoms with Gasteiger partial charge in [-0.25, -0.2) is 12.8 Å². The van der Waals surface area contributed by atoms with E-state index >= 15 is 0 Å². The molecule has 23 heavy (non-hydrogen) atoms. The summed E-state index contributed by atoms with van der Waals surface area (Å²) in [7, 11) is -3.49. The van der Waals surface area contributed by atoms with Crippen LogP contribution in [0.25, 0.3) is 0 Å². The lowest BCUT2D eigenvalue weighted by Gasteiger charge is -2.12. The van der Waals surface area contributed by atoms with Crippen molar-refractivity contribution in [1.29, 1.82) is 0 Å². The van der Waals surface area contributed by atoms with Crippen molar-refractivity contribution in [2.75, 3.05) is 11.6 Å². The predicted molar refractivity (Wildman–Crippen MR) is 82.7 cm³/mol. The molecule has 2 aromatic rings. The summed E-state index contributed by atoms with van der Waals surface area (Å²) in [5.41, 5.74) is 0.718. The molecule has 7 heteroatoms. The Bertz CT molecular complexity index is 854. The monoisotopic (exact) mass is 335 g/mol. The second-order valence-corrected chi connectivity index (χ2v) is 7.34. The predicted octanol–water partition coefficient (Wildman–Crippen LogP) is 2.17. The van der Waals surface area contributed by atoms with Gasteiger partial charge in [0.2, 0.25) is 0 Å². The summed E-state index contributed by atoms with van der Waals surface area (Å²) in [5, 5.41) is 2.40. The van der Waals surface area contributed by atoms with Crippen molar-refractivity contribution in [2.24, 2.45) is 0 Å². The zero-order valence-corrected chi connectivity index (χ0v) is 13.1. The van der Waals surface area contributed by atoms with Crippen LogP contribution in [-0.4, -0.2) is 26.7 Å². The van der Waals surface area contributed by atoms with Crippen LogP contribution in [0.15, 0.2) is 47.4 Å². The summed E-state index contributed by atoms with van der Waals surface area (Å²) in [5.74, 6) is -0.606. The van der Waals surface area contributed by atoms with Gasteiger partial charge in [-0.3, -0.25) is 4.79 Å². The topological polar surface area (TPSA) is 72.5 Å². The number of para-hydroxylation sites is 1. The second-order valence-electron chi connectivity index (χ2n) is 5.32. The van der Waals surface area contributed by atoms with Gasteiger partial charge < -0.3 is 10.1 Å². The lowest BCUT2D eigenvalue weighted by molar-refractivity contribution is -0.122. The number of carbonyl (C=O) groups excluding carboxylic acids is 1. The maximum absolute atomic E-state index is 13.8. The third-order valence-electron chi connectivity index (χ3n) is 3.56. The highest BCUT2D eigenvalue weighted by Crippen LogP contribution is 2.29. The van der Waals surface area contributed by atoms with Gasteiger partial charge in [-0.05, 0) is 29.8 Å². The molecule has 3 rings (SSSR count). The minimum absolute atomic E-state index is 0.0650. The van der Waals surface area contributed by atoms with E-state index in [9.17, 15) is 17.6 Å². The van der Waals surface area contributed by atoms with Crippen molar-refractivity contribution >= 4 is 21.4 Å². The molecule has 0 aromatic heterocycles. The summed E-state index contributed by atoms with van der Waals surface area (Å²) in [6, 6.07) is 10.5. The van der Waals surface area contributed by atoms with Crippen LogP contribution in [0.2, 0.25) is 0 Å². The van der Waals surface area contributed by atoms with E-state index in [1.165, 1.54) is 0 Å². The molecular weight excluding hydrogens is 321 g/mol. The molecule has 1 aliphatic rings. The van der Waals surface area contributed by atoms with E-state index in [1.54, 1.807) is 12.1 Å². The summed E-state index contributed by atoms with van der Waals surface area (Å²) in [6.45, 7) is 0. The molecule has 1 heterocycles. The van der Waals surface area contributed by atoms with Crippen molar-refractivity contribution in [2.45, 2.75) is 17.4 Å². The van der Waals surface area contributed by atoms with E-state index in [2.05, 4.69) is 5.32 Å². The Labute approximate surface area is 133 Å². The van der Waals surface area contributed by atoms with E-state index in [1.807, 2.05) is 12.1 Å². The molecule has 0 saturated heterocycles. The van der Waals surface area contributed by atoms with Crippen LogP contribution in [0.4, 0.5) is 10.1 Å². The smallest absolute Gasteiger partial charge is 0.265 e. The molecule has 1 atom stereocenters. The Kier molecular flexibility index (Phi) is 3.81. The fraction of sp³-hybridized carbons (Fsp3) is 0.188. The molecule has 0 saturated carbocycles. The van der Waals surface area contributed by atoms with Crippen LogP contribution >= 0.6 is 0 Å². The van der Waals surface area contributed by atoms with Crippen LogP contribution in [0.5, 0.6) is 5.75 Å². The first-order chi connectivity index (χ1) is 10.8. The van der Waals surface area contributed by atoms with Gasteiger partial charge in [0, 0.05) is 12.7 Å². The number of sulfone groups is 1. The highest BCUT2D eigenvalue weighted by atomic mass is 32.2. The van der Waals surface area contributed by atoms with Crippen molar-refractivity contribution in [1.82, 2.24) is 0 Å². The first-order valence-electron chi connectivity index (χ1n) is 6.89. The number of amides is 1. The van der Waals surface area contributed by atoms with E-state index in [0.29, 0.717) is 12.2 Å². The van der Waals surface area contributed by atoms with Gasteiger partial charge in [-0.2, -0.15) is 0 Å². The van der Waals surface area contributed by atoms with Crippen LogP contribution in [0.1, 0.15) is 5.56 Å². The molecule has 120 valence electrons. The fourth-order valence-corrected chi connectivity index (χ4v) is 3.02. The average Bonchev–Trinajstić information content (AvgIpc) is 2.92. The molecule has 0 fully saturated rings. The lowest BCUT2D eigenvalue weighted by atomic mass is 10.1. The van der Waals surface area contributed by atoms with Gasteiger partial charge in [-0.1, -0.05) is 18.2 Å². The number of hydrogen-bond acceptors (Lipinski definition) is 4. The molecule has 0 aliphatic carbocycles. The number of carbonyl (C=O) groups is 1. The van der Waals surface area contributed by atoms with Crippen molar-refractivity contribution in [3.05, 3.63) is 53.8 Å². The summed E-state index contributed by atoms with van der Waals surface area (Å²) in [6.07, 6.45) is 0.631. The third-order valence-corrected chi connectivity index (χ3v) is 4.67. The zero-order valence-electron chi connectivity index (χ0n) is 12.2. The fourth-order valence-electron chi connectivity index (χ4n) is 2.37. The van der Waals surface area contributed by atoms with Crippen molar-refractivity contribution in [3.63, 3.8) is 0 Å². The van der Waals surface area contributed by atoms with Crippen LogP contribution in [-0.2, 0) is 21.1 Å². The molecule has 0 bridgehead atoms. The van der Waals surface area contributed by atoms with Crippen molar-refractivity contribution < 1.29 is 22.3 Å². The summed E-state index contributed by atoms with van der Waals surface area (Å²) < 4.78 is 42.4. The van der Waals surface area contributed by atoms with Crippen molar-refractivity contribution in [3.8, 4) is 5.75 Å². The SMILES string of the molecule is CS(=O)(=O)c1ccc(F)c(NC(=O)C2Cc3ccccc3O2)c1. The zero-order chi connectivity index (χ0) is 16.6. The van der Waals surface area contributed by atoms with Gasteiger partial charge in [0.05, 0.1) is 10.6 Å². The molecule has 2 aromatic carbocycles. The molecular formula is C16H14FNO4S. The van der Waals surface area contributed by atoms with Gasteiger partial charge in [0.25, 0.3) is 5.91 Å². The summed E-state index contributed by atoms with van der Waals surface area (Å²) >= 11 is 0. The molecule has 0 radical (unpaired) electrons. The minimum Gasteiger partial charge on any atom is -0.480 e. The number of hydrogen-bond donors (Lipinski definition) is 1. The maximum atomic E-state index is 13.8. The number of anilines is 1. The quantitative estimate of drug-likeness (QED) is 0.873. The Balaban J connectivity index is 1.79. The standard InChI is InChI=1S/C16H14FNO4S/c1-23(20,21)11-6-7-12(17)13(9-11)18-16(19)15-8-10-4-2-3-5-14(10)22-15/h2-7,9,15H,8H2,1H3,(H,18,19). The van der Waals surface area contributed by atoms with Crippen LogP contribution < -0.4 is 10.1 Å². The molecule has 1 aliphatic heterocycles. The minimum atomic E-state index is -3.49. The normalized spacial score (nSPS) is 16.5. The maximum Gasteiger partial charge on any atom is 0.265 e. The molecule has 0 spiro atoms. The van der Waals surface area contributed by atoms with E-state index in [-0.39, 0.29) is 10.6 Å². The third kappa shape index (κ3) is 3.19.